The quantitative estimate of drug-likeness (QED) is 0.868. The average Bonchev–Trinajstić information content (AvgIpc) is 3.04. The van der Waals surface area contributed by atoms with Gasteiger partial charge in [0.1, 0.15) is 11.5 Å². The Hall–Kier alpha value is -2.49. The molecule has 1 unspecified atom stereocenters. The largest absolute Gasteiger partial charge is 0.497 e. The van der Waals surface area contributed by atoms with Gasteiger partial charge in [0.2, 0.25) is 0 Å². The molecule has 0 heterocycles. The Labute approximate surface area is 136 Å². The van der Waals surface area contributed by atoms with Crippen LogP contribution in [0.3, 0.4) is 0 Å². The number of hydrogen-bond acceptors (Lipinski definition) is 3. The highest BCUT2D eigenvalue weighted by Crippen LogP contribution is 2.36. The normalized spacial score (nSPS) is 15.9. The van der Waals surface area contributed by atoms with E-state index in [1.165, 1.54) is 11.1 Å². The predicted molar refractivity (Wildman–Crippen MR) is 89.1 cm³/mol. The van der Waals surface area contributed by atoms with Crippen molar-refractivity contribution >= 4 is 5.91 Å². The summed E-state index contributed by atoms with van der Waals surface area (Å²) in [7, 11) is 5.03. The van der Waals surface area contributed by atoms with E-state index >= 15 is 0 Å². The standard InChI is InChI=1S/C19H21NO3/c1-20(18-9-8-13-6-4-5-7-17(13)18)19(21)14-10-15(22-2)12-16(11-14)23-3/h4-7,10-12,18H,8-9H2,1-3H3. The van der Waals surface area contributed by atoms with Crippen LogP contribution in [0, 0.1) is 0 Å². The fourth-order valence-corrected chi connectivity index (χ4v) is 3.21. The molecule has 4 nitrogen and oxygen atoms in total. The molecule has 0 saturated carbocycles. The van der Waals surface area contributed by atoms with Gasteiger partial charge in [0.05, 0.1) is 20.3 Å². The third kappa shape index (κ3) is 2.89. The van der Waals surface area contributed by atoms with Crippen molar-refractivity contribution in [3.8, 4) is 11.5 Å². The molecule has 0 saturated heterocycles. The third-order valence-corrected chi connectivity index (χ3v) is 4.49. The van der Waals surface area contributed by atoms with Crippen molar-refractivity contribution < 1.29 is 14.3 Å². The van der Waals surface area contributed by atoms with Gasteiger partial charge in [-0.1, -0.05) is 24.3 Å². The molecule has 0 fully saturated rings. The number of aryl methyl sites for hydroxylation is 1. The summed E-state index contributed by atoms with van der Waals surface area (Å²) in [6, 6.07) is 13.7. The Morgan fingerprint density at radius 2 is 1.74 bits per heavy atom. The average molecular weight is 311 g/mol. The first-order valence-corrected chi connectivity index (χ1v) is 7.72. The Balaban J connectivity index is 1.89. The summed E-state index contributed by atoms with van der Waals surface area (Å²) in [6.07, 6.45) is 1.97. The minimum atomic E-state index is -0.0242. The SMILES string of the molecule is COc1cc(OC)cc(C(=O)N(C)C2CCc3ccccc32)c1. The van der Waals surface area contributed by atoms with E-state index in [1.807, 2.05) is 18.0 Å². The topological polar surface area (TPSA) is 38.8 Å². The summed E-state index contributed by atoms with van der Waals surface area (Å²) in [5, 5.41) is 0. The maximum Gasteiger partial charge on any atom is 0.254 e. The van der Waals surface area contributed by atoms with Gasteiger partial charge in [-0.25, -0.2) is 0 Å². The number of benzene rings is 2. The van der Waals surface area contributed by atoms with Crippen molar-refractivity contribution in [3.05, 3.63) is 59.2 Å². The molecular formula is C19H21NO3. The molecule has 0 aromatic heterocycles. The first-order valence-electron chi connectivity index (χ1n) is 7.72. The molecule has 0 spiro atoms. The lowest BCUT2D eigenvalue weighted by molar-refractivity contribution is 0.0730. The van der Waals surface area contributed by atoms with Crippen molar-refractivity contribution in [1.82, 2.24) is 4.90 Å². The molecule has 0 aliphatic heterocycles. The highest BCUT2D eigenvalue weighted by atomic mass is 16.5. The van der Waals surface area contributed by atoms with Gasteiger partial charge in [0.25, 0.3) is 5.91 Å². The molecular weight excluding hydrogens is 290 g/mol. The summed E-state index contributed by atoms with van der Waals surface area (Å²) in [5.41, 5.74) is 3.16. The number of amides is 1. The van der Waals surface area contributed by atoms with Crippen LogP contribution in [0.15, 0.2) is 42.5 Å². The lowest BCUT2D eigenvalue weighted by Crippen LogP contribution is -2.30. The number of methoxy groups -OCH3 is 2. The molecule has 23 heavy (non-hydrogen) atoms. The van der Waals surface area contributed by atoms with Crippen LogP contribution in [0.1, 0.15) is 33.9 Å². The zero-order valence-electron chi connectivity index (χ0n) is 13.7. The van der Waals surface area contributed by atoms with E-state index in [2.05, 4.69) is 18.2 Å². The molecule has 120 valence electrons. The van der Waals surface area contributed by atoms with Crippen LogP contribution in [-0.2, 0) is 6.42 Å². The van der Waals surface area contributed by atoms with Crippen LogP contribution in [-0.4, -0.2) is 32.1 Å². The predicted octanol–water partition coefficient (Wildman–Crippen LogP) is 3.46. The molecule has 1 amide bonds. The smallest absolute Gasteiger partial charge is 0.254 e. The van der Waals surface area contributed by atoms with Gasteiger partial charge >= 0.3 is 0 Å². The Bertz CT molecular complexity index is 704. The lowest BCUT2D eigenvalue weighted by atomic mass is 10.1. The lowest BCUT2D eigenvalue weighted by Gasteiger charge is -2.26. The van der Waals surface area contributed by atoms with Crippen LogP contribution in [0.4, 0.5) is 0 Å². The first kappa shape index (κ1) is 15.4. The van der Waals surface area contributed by atoms with Gasteiger partial charge in [-0.3, -0.25) is 4.79 Å². The van der Waals surface area contributed by atoms with E-state index in [4.69, 9.17) is 9.47 Å². The second kappa shape index (κ2) is 6.32. The second-order valence-electron chi connectivity index (χ2n) is 5.77. The number of hydrogen-bond donors (Lipinski definition) is 0. The zero-order valence-corrected chi connectivity index (χ0v) is 13.7. The maximum atomic E-state index is 12.9. The number of fused-ring (bicyclic) bond motifs is 1. The van der Waals surface area contributed by atoms with E-state index in [-0.39, 0.29) is 11.9 Å². The minimum absolute atomic E-state index is 0.0242. The van der Waals surface area contributed by atoms with Gasteiger partial charge in [-0.05, 0) is 36.1 Å². The maximum absolute atomic E-state index is 12.9. The molecule has 0 bridgehead atoms. The van der Waals surface area contributed by atoms with Crippen LogP contribution >= 0.6 is 0 Å². The summed E-state index contributed by atoms with van der Waals surface area (Å²) < 4.78 is 10.5. The summed E-state index contributed by atoms with van der Waals surface area (Å²) in [5.74, 6) is 1.21. The van der Waals surface area contributed by atoms with Crippen molar-refractivity contribution in [1.29, 1.82) is 0 Å². The summed E-state index contributed by atoms with van der Waals surface area (Å²) in [6.45, 7) is 0. The summed E-state index contributed by atoms with van der Waals surface area (Å²) in [4.78, 5) is 14.7. The zero-order chi connectivity index (χ0) is 16.4. The molecule has 4 heteroatoms. The second-order valence-corrected chi connectivity index (χ2v) is 5.77. The highest BCUT2D eigenvalue weighted by molar-refractivity contribution is 5.95. The highest BCUT2D eigenvalue weighted by Gasteiger charge is 2.29. The Kier molecular flexibility index (Phi) is 4.24. The van der Waals surface area contributed by atoms with E-state index < -0.39 is 0 Å². The first-order chi connectivity index (χ1) is 11.1. The van der Waals surface area contributed by atoms with Crippen LogP contribution in [0.25, 0.3) is 0 Å². The fraction of sp³-hybridized carbons (Fsp3) is 0.316. The number of ether oxygens (including phenoxy) is 2. The number of nitrogens with zero attached hydrogens (tertiary/aromatic N) is 1. The van der Waals surface area contributed by atoms with Gasteiger partial charge in [-0.2, -0.15) is 0 Å². The summed E-state index contributed by atoms with van der Waals surface area (Å²) >= 11 is 0. The number of carbonyl (C=O) groups excluding carboxylic acids is 1. The van der Waals surface area contributed by atoms with Crippen LogP contribution in [0.5, 0.6) is 11.5 Å². The molecule has 3 rings (SSSR count). The molecule has 2 aromatic carbocycles. The van der Waals surface area contributed by atoms with E-state index in [0.717, 1.165) is 12.8 Å². The van der Waals surface area contributed by atoms with Crippen molar-refractivity contribution in [2.75, 3.05) is 21.3 Å². The van der Waals surface area contributed by atoms with Crippen LogP contribution < -0.4 is 9.47 Å². The van der Waals surface area contributed by atoms with E-state index in [0.29, 0.717) is 17.1 Å². The van der Waals surface area contributed by atoms with E-state index in [1.54, 1.807) is 32.4 Å². The van der Waals surface area contributed by atoms with Gasteiger partial charge in [-0.15, -0.1) is 0 Å². The molecule has 0 radical (unpaired) electrons. The Morgan fingerprint density at radius 1 is 1.09 bits per heavy atom. The minimum Gasteiger partial charge on any atom is -0.497 e. The van der Waals surface area contributed by atoms with Crippen molar-refractivity contribution in [3.63, 3.8) is 0 Å². The van der Waals surface area contributed by atoms with Crippen LogP contribution in [0.2, 0.25) is 0 Å². The van der Waals surface area contributed by atoms with Gasteiger partial charge < -0.3 is 14.4 Å². The monoisotopic (exact) mass is 311 g/mol. The Morgan fingerprint density at radius 3 is 2.39 bits per heavy atom. The van der Waals surface area contributed by atoms with E-state index in [9.17, 15) is 4.79 Å². The fourth-order valence-electron chi connectivity index (χ4n) is 3.21. The molecule has 1 aliphatic carbocycles. The van der Waals surface area contributed by atoms with Crippen molar-refractivity contribution in [2.24, 2.45) is 0 Å². The van der Waals surface area contributed by atoms with Gasteiger partial charge in [0.15, 0.2) is 0 Å². The molecule has 1 aliphatic rings. The molecule has 2 aromatic rings. The third-order valence-electron chi connectivity index (χ3n) is 4.49. The number of carbonyl (C=O) groups is 1. The molecule has 1 atom stereocenters. The molecule has 0 N–H and O–H groups in total. The van der Waals surface area contributed by atoms with Crippen molar-refractivity contribution in [2.45, 2.75) is 18.9 Å². The number of rotatable bonds is 4. The van der Waals surface area contributed by atoms with Gasteiger partial charge in [0, 0.05) is 18.7 Å².